The standard InChI is InChI=1S/C20H17NO4/c1-11-19-13(4-5-17(24-2)20(19)23)8-15-14-10-16(22)18(25-3)9-12(14)6-7-21(11)15/h4-10,22H,1-3H3/p+1. The molecule has 0 aliphatic carbocycles. The first kappa shape index (κ1) is 15.3. The van der Waals surface area contributed by atoms with Crippen LogP contribution in [0.4, 0.5) is 0 Å². The minimum absolute atomic E-state index is 0.0958. The van der Waals surface area contributed by atoms with Gasteiger partial charge in [0.1, 0.15) is 0 Å². The minimum Gasteiger partial charge on any atom is -0.504 e. The average Bonchev–Trinajstić information content (AvgIpc) is 2.61. The predicted molar refractivity (Wildman–Crippen MR) is 95.8 cm³/mol. The number of methoxy groups -OCH3 is 2. The van der Waals surface area contributed by atoms with Gasteiger partial charge in [0.15, 0.2) is 34.9 Å². The number of phenols is 2. The minimum atomic E-state index is 0.0958. The number of phenolic OH excluding ortho intramolecular Hbond substituents is 2. The van der Waals surface area contributed by atoms with E-state index in [0.717, 1.165) is 32.8 Å². The van der Waals surface area contributed by atoms with E-state index in [-0.39, 0.29) is 11.5 Å². The summed E-state index contributed by atoms with van der Waals surface area (Å²) in [6.45, 7) is 1.95. The molecule has 0 fully saturated rings. The second-order valence-electron chi connectivity index (χ2n) is 5.99. The Morgan fingerprint density at radius 2 is 1.64 bits per heavy atom. The monoisotopic (exact) mass is 336 g/mol. The van der Waals surface area contributed by atoms with Gasteiger partial charge in [-0.05, 0) is 35.0 Å². The molecule has 0 unspecified atom stereocenters. The van der Waals surface area contributed by atoms with Gasteiger partial charge in [-0.25, -0.2) is 0 Å². The molecule has 2 aromatic heterocycles. The highest BCUT2D eigenvalue weighted by atomic mass is 16.5. The molecular formula is C20H18NO4+. The van der Waals surface area contributed by atoms with E-state index in [2.05, 4.69) is 0 Å². The Morgan fingerprint density at radius 1 is 0.880 bits per heavy atom. The molecule has 4 rings (SSSR count). The van der Waals surface area contributed by atoms with Crippen molar-refractivity contribution >= 4 is 27.1 Å². The molecule has 0 saturated carbocycles. The van der Waals surface area contributed by atoms with Crippen molar-refractivity contribution < 1.29 is 24.1 Å². The quantitative estimate of drug-likeness (QED) is 0.334. The maximum Gasteiger partial charge on any atom is 0.219 e. The lowest BCUT2D eigenvalue weighted by molar-refractivity contribution is -0.516. The number of hydrogen-bond donors (Lipinski definition) is 2. The molecule has 0 saturated heterocycles. The van der Waals surface area contributed by atoms with Crippen LogP contribution in [0.25, 0.3) is 27.1 Å². The Morgan fingerprint density at radius 3 is 2.36 bits per heavy atom. The topological polar surface area (TPSA) is 63.0 Å². The number of aryl methyl sites for hydroxylation is 1. The first-order valence-electron chi connectivity index (χ1n) is 7.89. The molecule has 5 heteroatoms. The maximum absolute atomic E-state index is 10.5. The van der Waals surface area contributed by atoms with Gasteiger partial charge in [-0.15, -0.1) is 0 Å². The average molecular weight is 336 g/mol. The van der Waals surface area contributed by atoms with E-state index in [4.69, 9.17) is 9.47 Å². The van der Waals surface area contributed by atoms with Crippen LogP contribution in [-0.4, -0.2) is 24.4 Å². The zero-order valence-corrected chi connectivity index (χ0v) is 14.2. The second kappa shape index (κ2) is 5.41. The highest BCUT2D eigenvalue weighted by molar-refractivity contribution is 6.01. The molecule has 0 atom stereocenters. The van der Waals surface area contributed by atoms with Crippen LogP contribution in [0, 0.1) is 6.92 Å². The number of hydrogen-bond acceptors (Lipinski definition) is 4. The summed E-state index contributed by atoms with van der Waals surface area (Å²) in [6, 6.07) is 11.1. The number of rotatable bonds is 2. The summed E-state index contributed by atoms with van der Waals surface area (Å²) >= 11 is 0. The van der Waals surface area contributed by atoms with Gasteiger partial charge in [-0.1, -0.05) is 0 Å². The molecule has 2 aromatic carbocycles. The van der Waals surface area contributed by atoms with Gasteiger partial charge in [0.2, 0.25) is 5.52 Å². The van der Waals surface area contributed by atoms with E-state index in [0.29, 0.717) is 11.5 Å². The summed E-state index contributed by atoms with van der Waals surface area (Å²) in [5, 5.41) is 24.2. The Kier molecular flexibility index (Phi) is 3.32. The Labute approximate surface area is 144 Å². The summed E-state index contributed by atoms with van der Waals surface area (Å²) < 4.78 is 12.4. The van der Waals surface area contributed by atoms with Gasteiger partial charge in [0, 0.05) is 19.1 Å². The summed E-state index contributed by atoms with van der Waals surface area (Å²) in [5.41, 5.74) is 1.83. The SMILES string of the molecule is COc1cc2cc[n+]3c(C)c4c(O)c(OC)ccc4cc3c2cc1O. The maximum atomic E-state index is 10.5. The molecule has 0 amide bonds. The van der Waals surface area contributed by atoms with E-state index in [1.165, 1.54) is 14.2 Å². The molecule has 0 aliphatic rings. The molecule has 4 aromatic rings. The van der Waals surface area contributed by atoms with Crippen molar-refractivity contribution in [3.63, 3.8) is 0 Å². The third kappa shape index (κ3) is 2.12. The molecule has 0 radical (unpaired) electrons. The van der Waals surface area contributed by atoms with E-state index in [1.807, 2.05) is 41.8 Å². The zero-order chi connectivity index (χ0) is 17.7. The molecule has 0 spiro atoms. The van der Waals surface area contributed by atoms with Crippen LogP contribution < -0.4 is 13.9 Å². The number of pyridine rings is 2. The van der Waals surface area contributed by atoms with Crippen molar-refractivity contribution in [2.24, 2.45) is 0 Å². The van der Waals surface area contributed by atoms with Gasteiger partial charge in [-0.2, -0.15) is 4.40 Å². The second-order valence-corrected chi connectivity index (χ2v) is 5.99. The third-order valence-electron chi connectivity index (χ3n) is 4.70. The lowest BCUT2D eigenvalue weighted by Gasteiger charge is -2.10. The molecule has 5 nitrogen and oxygen atoms in total. The summed E-state index contributed by atoms with van der Waals surface area (Å²) in [6.07, 6.45) is 1.95. The molecular weight excluding hydrogens is 318 g/mol. The summed E-state index contributed by atoms with van der Waals surface area (Å²) in [7, 11) is 3.07. The summed E-state index contributed by atoms with van der Waals surface area (Å²) in [5.74, 6) is 1.11. The highest BCUT2D eigenvalue weighted by Gasteiger charge is 2.20. The van der Waals surface area contributed by atoms with Gasteiger partial charge in [-0.3, -0.25) is 0 Å². The molecule has 25 heavy (non-hydrogen) atoms. The first-order chi connectivity index (χ1) is 12.0. The molecule has 2 heterocycles. The highest BCUT2D eigenvalue weighted by Crippen LogP contribution is 2.37. The summed E-state index contributed by atoms with van der Waals surface area (Å²) in [4.78, 5) is 0. The number of nitrogens with zero attached hydrogens (tertiary/aromatic N) is 1. The molecule has 0 aliphatic heterocycles. The van der Waals surface area contributed by atoms with Gasteiger partial charge >= 0.3 is 0 Å². The fraction of sp³-hybridized carbons (Fsp3) is 0.150. The van der Waals surface area contributed by atoms with Crippen LogP contribution in [0.3, 0.4) is 0 Å². The van der Waals surface area contributed by atoms with Crippen LogP contribution in [0.5, 0.6) is 23.0 Å². The molecule has 0 bridgehead atoms. The normalized spacial score (nSPS) is 11.3. The predicted octanol–water partition coefficient (Wildman–Crippen LogP) is 3.47. The Bertz CT molecular complexity index is 1150. The van der Waals surface area contributed by atoms with Crippen LogP contribution in [-0.2, 0) is 0 Å². The fourth-order valence-corrected chi connectivity index (χ4v) is 3.43. The van der Waals surface area contributed by atoms with Crippen LogP contribution in [0.2, 0.25) is 0 Å². The Balaban J connectivity index is 2.17. The van der Waals surface area contributed by atoms with Crippen LogP contribution in [0.1, 0.15) is 5.69 Å². The number of aromatic hydroxyl groups is 2. The lowest BCUT2D eigenvalue weighted by Crippen LogP contribution is -2.25. The number of fused-ring (bicyclic) bond motifs is 4. The van der Waals surface area contributed by atoms with Gasteiger partial charge in [0.05, 0.1) is 25.0 Å². The van der Waals surface area contributed by atoms with Gasteiger partial charge < -0.3 is 19.7 Å². The number of aromatic nitrogens is 1. The van der Waals surface area contributed by atoms with Crippen molar-refractivity contribution in [1.82, 2.24) is 0 Å². The fourth-order valence-electron chi connectivity index (χ4n) is 3.43. The van der Waals surface area contributed by atoms with Crippen molar-refractivity contribution in [2.45, 2.75) is 6.92 Å². The third-order valence-corrected chi connectivity index (χ3v) is 4.70. The number of ether oxygens (including phenoxy) is 2. The van der Waals surface area contributed by atoms with E-state index >= 15 is 0 Å². The van der Waals surface area contributed by atoms with Gasteiger partial charge in [0.25, 0.3) is 0 Å². The molecule has 126 valence electrons. The van der Waals surface area contributed by atoms with Crippen molar-refractivity contribution in [2.75, 3.05) is 14.2 Å². The van der Waals surface area contributed by atoms with Crippen LogP contribution in [0.15, 0.2) is 42.6 Å². The lowest BCUT2D eigenvalue weighted by atomic mass is 10.0. The largest absolute Gasteiger partial charge is 0.504 e. The first-order valence-corrected chi connectivity index (χ1v) is 7.89. The molecule has 2 N–H and O–H groups in total. The zero-order valence-electron chi connectivity index (χ0n) is 14.2. The smallest absolute Gasteiger partial charge is 0.219 e. The number of benzene rings is 2. The van der Waals surface area contributed by atoms with E-state index in [9.17, 15) is 10.2 Å². The Hall–Kier alpha value is -3.21. The van der Waals surface area contributed by atoms with E-state index in [1.54, 1.807) is 12.1 Å². The van der Waals surface area contributed by atoms with Crippen molar-refractivity contribution in [3.05, 3.63) is 48.3 Å². The van der Waals surface area contributed by atoms with Crippen molar-refractivity contribution in [3.8, 4) is 23.0 Å². The van der Waals surface area contributed by atoms with Crippen LogP contribution >= 0.6 is 0 Å². The van der Waals surface area contributed by atoms with E-state index < -0.39 is 0 Å². The van der Waals surface area contributed by atoms with Crippen molar-refractivity contribution in [1.29, 1.82) is 0 Å².